The van der Waals surface area contributed by atoms with Gasteiger partial charge in [0.2, 0.25) is 0 Å². The second-order valence-electron chi connectivity index (χ2n) is 5.84. The molecule has 0 aliphatic carbocycles. The molecule has 0 spiro atoms. The summed E-state index contributed by atoms with van der Waals surface area (Å²) >= 11 is 0. The number of H-pyrrole nitrogens is 1. The maximum Gasteiger partial charge on any atom is 0.287 e. The average Bonchev–Trinajstić information content (AvgIpc) is 3.14. The van der Waals surface area contributed by atoms with Crippen LogP contribution >= 0.6 is 0 Å². The zero-order chi connectivity index (χ0) is 19.4. The quantitative estimate of drug-likeness (QED) is 0.517. The maximum atomic E-state index is 12.4. The molecule has 7 heteroatoms. The number of rotatable bonds is 6. The first-order valence-corrected chi connectivity index (χ1v) is 8.29. The van der Waals surface area contributed by atoms with Gasteiger partial charge < -0.3 is 19.2 Å². The van der Waals surface area contributed by atoms with Gasteiger partial charge in [-0.2, -0.15) is 5.10 Å². The Bertz CT molecular complexity index is 1010. The number of benzene rings is 2. The predicted molar refractivity (Wildman–Crippen MR) is 104 cm³/mol. The number of amides is 1. The van der Waals surface area contributed by atoms with E-state index in [1.807, 2.05) is 24.3 Å². The lowest BCUT2D eigenvalue weighted by molar-refractivity contribution is 0.0950. The molecule has 0 fully saturated rings. The molecule has 2 aromatic carbocycles. The number of ether oxygens (including phenoxy) is 3. The molecule has 0 atom stereocenters. The Morgan fingerprint density at radius 1 is 0.963 bits per heavy atom. The minimum absolute atomic E-state index is 0.329. The van der Waals surface area contributed by atoms with E-state index in [2.05, 4.69) is 15.5 Å². The zero-order valence-electron chi connectivity index (χ0n) is 15.6. The second kappa shape index (κ2) is 7.82. The zero-order valence-corrected chi connectivity index (χ0v) is 15.6. The minimum atomic E-state index is -0.329. The Morgan fingerprint density at radius 2 is 1.74 bits per heavy atom. The van der Waals surface area contributed by atoms with Crippen molar-refractivity contribution >= 4 is 22.5 Å². The van der Waals surface area contributed by atoms with Crippen LogP contribution in [0.15, 0.2) is 47.6 Å². The summed E-state index contributed by atoms with van der Waals surface area (Å²) in [5.41, 5.74) is 5.29. The van der Waals surface area contributed by atoms with Crippen molar-refractivity contribution in [3.05, 3.63) is 53.7 Å². The van der Waals surface area contributed by atoms with E-state index in [1.165, 1.54) is 0 Å². The molecule has 3 rings (SSSR count). The molecule has 1 amide bonds. The number of hydrogen-bond acceptors (Lipinski definition) is 5. The molecular formula is C20H21N3O4. The Morgan fingerprint density at radius 3 is 2.44 bits per heavy atom. The second-order valence-corrected chi connectivity index (χ2v) is 5.84. The molecule has 0 saturated heterocycles. The third-order valence-electron chi connectivity index (χ3n) is 4.20. The lowest BCUT2D eigenvalue weighted by Gasteiger charge is -2.09. The number of nitrogens with one attached hydrogen (secondary N) is 2. The largest absolute Gasteiger partial charge is 0.497 e. The predicted octanol–water partition coefficient (Wildman–Crippen LogP) is 3.35. The number of aromatic nitrogens is 1. The SMILES string of the molecule is COc1ccc2[nH]c(C(=O)N/N=C(/C)c3ccc(OC)c(OC)c3)cc2c1. The molecule has 0 aliphatic heterocycles. The summed E-state index contributed by atoms with van der Waals surface area (Å²) in [4.78, 5) is 15.5. The Kier molecular flexibility index (Phi) is 5.30. The molecule has 0 aliphatic rings. The van der Waals surface area contributed by atoms with E-state index in [0.29, 0.717) is 22.9 Å². The summed E-state index contributed by atoms with van der Waals surface area (Å²) in [6.45, 7) is 1.80. The van der Waals surface area contributed by atoms with Crippen LogP contribution in [-0.2, 0) is 0 Å². The van der Waals surface area contributed by atoms with Crippen molar-refractivity contribution in [3.8, 4) is 17.2 Å². The normalized spacial score (nSPS) is 11.3. The van der Waals surface area contributed by atoms with Gasteiger partial charge in [-0.25, -0.2) is 5.43 Å². The van der Waals surface area contributed by atoms with Crippen LogP contribution in [0.25, 0.3) is 10.9 Å². The van der Waals surface area contributed by atoms with Crippen LogP contribution in [0.1, 0.15) is 23.0 Å². The fourth-order valence-corrected chi connectivity index (χ4v) is 2.68. The maximum absolute atomic E-state index is 12.4. The molecule has 1 heterocycles. The number of aromatic amines is 1. The Labute approximate surface area is 156 Å². The van der Waals surface area contributed by atoms with E-state index in [-0.39, 0.29) is 5.91 Å². The van der Waals surface area contributed by atoms with Gasteiger partial charge in [0.05, 0.1) is 27.0 Å². The van der Waals surface area contributed by atoms with Gasteiger partial charge in [-0.3, -0.25) is 4.79 Å². The van der Waals surface area contributed by atoms with Crippen molar-refractivity contribution in [1.82, 2.24) is 10.4 Å². The first-order chi connectivity index (χ1) is 13.0. The van der Waals surface area contributed by atoms with Gasteiger partial charge >= 0.3 is 0 Å². The smallest absolute Gasteiger partial charge is 0.287 e. The summed E-state index contributed by atoms with van der Waals surface area (Å²) in [7, 11) is 4.75. The van der Waals surface area contributed by atoms with Crippen molar-refractivity contribution in [2.45, 2.75) is 6.92 Å². The van der Waals surface area contributed by atoms with Crippen molar-refractivity contribution in [2.24, 2.45) is 5.10 Å². The molecule has 27 heavy (non-hydrogen) atoms. The highest BCUT2D eigenvalue weighted by atomic mass is 16.5. The molecular weight excluding hydrogens is 346 g/mol. The van der Waals surface area contributed by atoms with Crippen LogP contribution < -0.4 is 19.6 Å². The average molecular weight is 367 g/mol. The van der Waals surface area contributed by atoms with E-state index in [4.69, 9.17) is 14.2 Å². The first kappa shape index (κ1) is 18.3. The topological polar surface area (TPSA) is 84.9 Å². The fourth-order valence-electron chi connectivity index (χ4n) is 2.68. The molecule has 0 saturated carbocycles. The standard InChI is InChI=1S/C20H21N3O4/c1-12(13-5-8-18(26-3)19(11-13)27-4)22-23-20(24)17-10-14-9-15(25-2)6-7-16(14)21-17/h5-11,21H,1-4H3,(H,23,24)/b22-12-. The highest BCUT2D eigenvalue weighted by molar-refractivity contribution is 6.02. The van der Waals surface area contributed by atoms with Crippen molar-refractivity contribution in [2.75, 3.05) is 21.3 Å². The van der Waals surface area contributed by atoms with Gasteiger partial charge in [-0.1, -0.05) is 0 Å². The van der Waals surface area contributed by atoms with E-state index >= 15 is 0 Å². The monoisotopic (exact) mass is 367 g/mol. The van der Waals surface area contributed by atoms with Crippen LogP contribution in [0.2, 0.25) is 0 Å². The number of hydrogen-bond donors (Lipinski definition) is 2. The number of carbonyl (C=O) groups excluding carboxylic acids is 1. The highest BCUT2D eigenvalue weighted by Gasteiger charge is 2.11. The van der Waals surface area contributed by atoms with Gasteiger partial charge in [0.1, 0.15) is 11.4 Å². The van der Waals surface area contributed by atoms with Crippen LogP contribution in [0, 0.1) is 0 Å². The van der Waals surface area contributed by atoms with Crippen LogP contribution in [-0.4, -0.2) is 37.9 Å². The van der Waals surface area contributed by atoms with E-state index < -0.39 is 0 Å². The van der Waals surface area contributed by atoms with Crippen molar-refractivity contribution < 1.29 is 19.0 Å². The molecule has 1 aromatic heterocycles. The number of fused-ring (bicyclic) bond motifs is 1. The van der Waals surface area contributed by atoms with Crippen LogP contribution in [0.3, 0.4) is 0 Å². The summed E-state index contributed by atoms with van der Waals surface area (Å²) in [5.74, 6) is 1.63. The number of methoxy groups -OCH3 is 3. The number of hydrazone groups is 1. The molecule has 0 unspecified atom stereocenters. The number of carbonyl (C=O) groups is 1. The van der Waals surface area contributed by atoms with Gasteiger partial charge in [0.15, 0.2) is 11.5 Å². The van der Waals surface area contributed by atoms with Crippen molar-refractivity contribution in [1.29, 1.82) is 0 Å². The van der Waals surface area contributed by atoms with Crippen molar-refractivity contribution in [3.63, 3.8) is 0 Å². The van der Waals surface area contributed by atoms with Crippen LogP contribution in [0.4, 0.5) is 0 Å². The lowest BCUT2D eigenvalue weighted by Crippen LogP contribution is -2.19. The Hall–Kier alpha value is -3.48. The van der Waals surface area contributed by atoms with E-state index in [0.717, 1.165) is 22.2 Å². The summed E-state index contributed by atoms with van der Waals surface area (Å²) in [6.07, 6.45) is 0. The highest BCUT2D eigenvalue weighted by Crippen LogP contribution is 2.27. The minimum Gasteiger partial charge on any atom is -0.497 e. The van der Waals surface area contributed by atoms with Gasteiger partial charge in [0.25, 0.3) is 5.91 Å². The van der Waals surface area contributed by atoms with Gasteiger partial charge in [-0.05, 0) is 49.4 Å². The summed E-state index contributed by atoms with van der Waals surface area (Å²) in [5, 5.41) is 5.07. The van der Waals surface area contributed by atoms with E-state index in [1.54, 1.807) is 46.5 Å². The molecule has 3 aromatic rings. The molecule has 0 radical (unpaired) electrons. The van der Waals surface area contributed by atoms with Gasteiger partial charge in [0, 0.05) is 16.5 Å². The fraction of sp³-hybridized carbons (Fsp3) is 0.200. The Balaban J connectivity index is 1.77. The third-order valence-corrected chi connectivity index (χ3v) is 4.20. The third kappa shape index (κ3) is 3.87. The lowest BCUT2D eigenvalue weighted by atomic mass is 10.1. The summed E-state index contributed by atoms with van der Waals surface area (Å²) in [6, 6.07) is 12.8. The molecule has 140 valence electrons. The molecule has 7 nitrogen and oxygen atoms in total. The van der Waals surface area contributed by atoms with E-state index in [9.17, 15) is 4.79 Å². The molecule has 0 bridgehead atoms. The summed E-state index contributed by atoms with van der Waals surface area (Å²) < 4.78 is 15.7. The number of nitrogens with zero attached hydrogens (tertiary/aromatic N) is 1. The van der Waals surface area contributed by atoms with Crippen LogP contribution in [0.5, 0.6) is 17.2 Å². The first-order valence-electron chi connectivity index (χ1n) is 8.29. The molecule has 2 N–H and O–H groups in total. The van der Waals surface area contributed by atoms with Gasteiger partial charge in [-0.15, -0.1) is 0 Å².